The third kappa shape index (κ3) is 3.69. The molecule has 0 aliphatic rings. The second-order valence-electron chi connectivity index (χ2n) is 4.47. The molecule has 94 valence electrons. The van der Waals surface area contributed by atoms with E-state index in [0.29, 0.717) is 15.4 Å². The molecule has 5 heteroatoms. The molecule has 1 aromatic carbocycles. The van der Waals surface area contributed by atoms with Crippen molar-refractivity contribution in [3.63, 3.8) is 0 Å². The number of benzene rings is 1. The lowest BCUT2D eigenvalue weighted by molar-refractivity contribution is -0.176. The summed E-state index contributed by atoms with van der Waals surface area (Å²) in [6, 6.07) is 7.12. The number of rotatable bonds is 4. The first-order valence-electron chi connectivity index (χ1n) is 5.18. The highest BCUT2D eigenvalue weighted by Gasteiger charge is 2.30. The van der Waals surface area contributed by atoms with Crippen LogP contribution >= 0.6 is 27.5 Å². The SMILES string of the molecule is CC(C)(CBr)C(=O)N(O)Cc1ccccc1Cl. The van der Waals surface area contributed by atoms with Gasteiger partial charge >= 0.3 is 0 Å². The molecule has 0 aliphatic carbocycles. The molecule has 1 aromatic rings. The van der Waals surface area contributed by atoms with Gasteiger partial charge in [-0.25, -0.2) is 5.06 Å². The van der Waals surface area contributed by atoms with Crippen LogP contribution in [0.3, 0.4) is 0 Å². The lowest BCUT2D eigenvalue weighted by Crippen LogP contribution is -2.39. The number of hydrogen-bond donors (Lipinski definition) is 1. The minimum atomic E-state index is -0.643. The van der Waals surface area contributed by atoms with Gasteiger partial charge in [0.1, 0.15) is 0 Å². The molecule has 1 rings (SSSR count). The average Bonchev–Trinajstić information content (AvgIpc) is 2.31. The van der Waals surface area contributed by atoms with Crippen molar-refractivity contribution in [1.82, 2.24) is 5.06 Å². The van der Waals surface area contributed by atoms with Crippen molar-refractivity contribution in [1.29, 1.82) is 0 Å². The maximum absolute atomic E-state index is 11.9. The summed E-state index contributed by atoms with van der Waals surface area (Å²) < 4.78 is 0. The summed E-state index contributed by atoms with van der Waals surface area (Å²) in [7, 11) is 0. The Balaban J connectivity index is 2.77. The van der Waals surface area contributed by atoms with Crippen LogP contribution in [0.1, 0.15) is 19.4 Å². The van der Waals surface area contributed by atoms with Gasteiger partial charge in [-0.05, 0) is 11.6 Å². The van der Waals surface area contributed by atoms with Crippen LogP contribution < -0.4 is 0 Å². The summed E-state index contributed by atoms with van der Waals surface area (Å²) >= 11 is 9.22. The van der Waals surface area contributed by atoms with E-state index in [1.165, 1.54) is 0 Å². The third-order valence-electron chi connectivity index (χ3n) is 2.43. The topological polar surface area (TPSA) is 40.5 Å². The Hall–Kier alpha value is -0.580. The maximum atomic E-state index is 11.9. The first-order valence-corrected chi connectivity index (χ1v) is 6.68. The number of carbonyl (C=O) groups is 1. The van der Waals surface area contributed by atoms with Crippen LogP contribution in [0, 0.1) is 5.41 Å². The highest BCUT2D eigenvalue weighted by atomic mass is 79.9. The molecule has 0 aliphatic heterocycles. The van der Waals surface area contributed by atoms with E-state index in [4.69, 9.17) is 11.6 Å². The zero-order chi connectivity index (χ0) is 13.1. The number of halogens is 2. The van der Waals surface area contributed by atoms with E-state index in [2.05, 4.69) is 15.9 Å². The molecule has 0 unspecified atom stereocenters. The number of hydrogen-bond acceptors (Lipinski definition) is 2. The van der Waals surface area contributed by atoms with E-state index >= 15 is 0 Å². The standard InChI is InChI=1S/C12H15BrClNO2/c1-12(2,8-13)11(16)15(17)7-9-5-3-4-6-10(9)14/h3-6,17H,7-8H2,1-2H3. The molecule has 0 fully saturated rings. The molecule has 0 spiro atoms. The molecule has 17 heavy (non-hydrogen) atoms. The van der Waals surface area contributed by atoms with Crippen molar-refractivity contribution >= 4 is 33.4 Å². The van der Waals surface area contributed by atoms with Crippen LogP contribution in [-0.4, -0.2) is 21.5 Å². The summed E-state index contributed by atoms with van der Waals surface area (Å²) in [5, 5.41) is 11.5. The number of amides is 1. The monoisotopic (exact) mass is 319 g/mol. The van der Waals surface area contributed by atoms with Gasteiger partial charge in [-0.2, -0.15) is 0 Å². The molecular weight excluding hydrogens is 305 g/mol. The fourth-order valence-corrected chi connectivity index (χ4v) is 1.70. The Morgan fingerprint density at radius 3 is 2.59 bits per heavy atom. The Morgan fingerprint density at radius 2 is 2.06 bits per heavy atom. The third-order valence-corrected chi connectivity index (χ3v) is 4.20. The van der Waals surface area contributed by atoms with Gasteiger partial charge in [0.15, 0.2) is 0 Å². The summed E-state index contributed by atoms with van der Waals surface area (Å²) in [5.41, 5.74) is 0.0751. The molecular formula is C12H15BrClNO2. The molecule has 0 saturated carbocycles. The highest BCUT2D eigenvalue weighted by Crippen LogP contribution is 2.23. The van der Waals surface area contributed by atoms with Gasteiger partial charge < -0.3 is 0 Å². The predicted octanol–water partition coefficient (Wildman–Crippen LogP) is 3.48. The van der Waals surface area contributed by atoms with E-state index in [1.54, 1.807) is 32.0 Å². The highest BCUT2D eigenvalue weighted by molar-refractivity contribution is 9.09. The lowest BCUT2D eigenvalue weighted by Gasteiger charge is -2.26. The van der Waals surface area contributed by atoms with Gasteiger partial charge in [-0.3, -0.25) is 10.0 Å². The van der Waals surface area contributed by atoms with Crippen molar-refractivity contribution < 1.29 is 10.0 Å². The molecule has 0 aromatic heterocycles. The van der Waals surface area contributed by atoms with Gasteiger partial charge in [0, 0.05) is 10.4 Å². The van der Waals surface area contributed by atoms with Gasteiger partial charge in [0.05, 0.1) is 12.0 Å². The van der Waals surface area contributed by atoms with E-state index in [9.17, 15) is 10.0 Å². The fraction of sp³-hybridized carbons (Fsp3) is 0.417. The summed E-state index contributed by atoms with van der Waals surface area (Å²) in [5.74, 6) is -0.339. The van der Waals surface area contributed by atoms with Gasteiger partial charge in [0.25, 0.3) is 5.91 Å². The van der Waals surface area contributed by atoms with Crippen LogP contribution in [0.25, 0.3) is 0 Å². The van der Waals surface area contributed by atoms with Crippen molar-refractivity contribution in [3.05, 3.63) is 34.9 Å². The van der Waals surface area contributed by atoms with Crippen LogP contribution in [0.5, 0.6) is 0 Å². The molecule has 1 amide bonds. The van der Waals surface area contributed by atoms with Crippen molar-refractivity contribution in [2.45, 2.75) is 20.4 Å². The quantitative estimate of drug-likeness (QED) is 0.524. The van der Waals surface area contributed by atoms with E-state index in [1.807, 2.05) is 6.07 Å². The van der Waals surface area contributed by atoms with Crippen LogP contribution in [0.15, 0.2) is 24.3 Å². The van der Waals surface area contributed by atoms with E-state index in [-0.39, 0.29) is 12.5 Å². The number of carbonyl (C=O) groups excluding carboxylic acids is 1. The number of hydroxylamine groups is 2. The molecule has 0 heterocycles. The maximum Gasteiger partial charge on any atom is 0.252 e. The molecule has 0 radical (unpaired) electrons. The fourth-order valence-electron chi connectivity index (χ4n) is 1.27. The van der Waals surface area contributed by atoms with E-state index in [0.717, 1.165) is 5.56 Å². The number of nitrogens with zero attached hydrogens (tertiary/aromatic N) is 1. The van der Waals surface area contributed by atoms with Crippen molar-refractivity contribution in [2.75, 3.05) is 5.33 Å². The summed E-state index contributed by atoms with van der Waals surface area (Å²) in [4.78, 5) is 11.9. The van der Waals surface area contributed by atoms with Gasteiger partial charge in [-0.1, -0.05) is 59.6 Å². The smallest absolute Gasteiger partial charge is 0.252 e. The van der Waals surface area contributed by atoms with Crippen molar-refractivity contribution in [2.24, 2.45) is 5.41 Å². The molecule has 3 nitrogen and oxygen atoms in total. The van der Waals surface area contributed by atoms with E-state index < -0.39 is 5.41 Å². The van der Waals surface area contributed by atoms with Gasteiger partial charge in [0.2, 0.25) is 0 Å². The normalized spacial score (nSPS) is 11.4. The molecule has 0 bridgehead atoms. The zero-order valence-electron chi connectivity index (χ0n) is 9.78. The van der Waals surface area contributed by atoms with Crippen LogP contribution in [0.4, 0.5) is 0 Å². The molecule has 0 saturated heterocycles. The largest absolute Gasteiger partial charge is 0.286 e. The van der Waals surface area contributed by atoms with Crippen LogP contribution in [-0.2, 0) is 11.3 Å². The molecule has 0 atom stereocenters. The summed E-state index contributed by atoms with van der Waals surface area (Å²) in [6.45, 7) is 3.62. The summed E-state index contributed by atoms with van der Waals surface area (Å²) in [6.07, 6.45) is 0. The lowest BCUT2D eigenvalue weighted by atomic mass is 9.95. The van der Waals surface area contributed by atoms with Gasteiger partial charge in [-0.15, -0.1) is 0 Å². The Labute approximate surface area is 114 Å². The van der Waals surface area contributed by atoms with Crippen molar-refractivity contribution in [3.8, 4) is 0 Å². The minimum absolute atomic E-state index is 0.0922. The Kier molecular flexibility index (Phi) is 4.98. The Bertz CT molecular complexity index is 409. The zero-order valence-corrected chi connectivity index (χ0v) is 12.1. The predicted molar refractivity (Wildman–Crippen MR) is 71.4 cm³/mol. The second kappa shape index (κ2) is 5.85. The second-order valence-corrected chi connectivity index (χ2v) is 5.44. The first-order chi connectivity index (χ1) is 7.88. The number of alkyl halides is 1. The molecule has 1 N–H and O–H groups in total. The van der Waals surface area contributed by atoms with Crippen LogP contribution in [0.2, 0.25) is 5.02 Å². The Morgan fingerprint density at radius 1 is 1.47 bits per heavy atom. The minimum Gasteiger partial charge on any atom is -0.286 e. The average molecular weight is 321 g/mol. The first kappa shape index (κ1) is 14.5.